The van der Waals surface area contributed by atoms with Gasteiger partial charge < -0.3 is 16.4 Å². The number of fused-ring (bicyclic) bond motifs is 1. The van der Waals surface area contributed by atoms with Gasteiger partial charge in [-0.2, -0.15) is 0 Å². The number of carbonyl (C=O) groups is 3. The normalized spacial score (nSPS) is 10.9. The lowest BCUT2D eigenvalue weighted by molar-refractivity contribution is -0.116. The zero-order chi connectivity index (χ0) is 22.5. The summed E-state index contributed by atoms with van der Waals surface area (Å²) in [5.74, 6) is -0.834. The maximum atomic E-state index is 12.5. The summed E-state index contributed by atoms with van der Waals surface area (Å²) in [5.41, 5.74) is 8.61. The number of unbranched alkanes of at least 4 members (excludes halogenated alkanes) is 2. The Morgan fingerprint density at radius 2 is 1.90 bits per heavy atom. The molecule has 9 heteroatoms. The molecule has 0 spiro atoms. The molecule has 0 saturated heterocycles. The van der Waals surface area contributed by atoms with Gasteiger partial charge in [0, 0.05) is 24.0 Å². The highest BCUT2D eigenvalue weighted by atomic mass is 32.1. The minimum Gasteiger partial charge on any atom is -0.365 e. The van der Waals surface area contributed by atoms with Crippen molar-refractivity contribution in [3.63, 3.8) is 0 Å². The predicted molar refractivity (Wildman–Crippen MR) is 122 cm³/mol. The lowest BCUT2D eigenvalue weighted by atomic mass is 10.1. The average molecular weight is 442 g/mol. The molecule has 0 aromatic carbocycles. The molecule has 0 saturated carbocycles. The van der Waals surface area contributed by atoms with E-state index in [-0.39, 0.29) is 11.8 Å². The van der Waals surface area contributed by atoms with Crippen molar-refractivity contribution in [1.29, 1.82) is 0 Å². The van der Waals surface area contributed by atoms with E-state index in [4.69, 9.17) is 5.73 Å². The van der Waals surface area contributed by atoms with Gasteiger partial charge in [-0.15, -0.1) is 11.3 Å². The van der Waals surface area contributed by atoms with Crippen molar-refractivity contribution in [1.82, 2.24) is 14.7 Å². The first-order valence-electron chi connectivity index (χ1n) is 10.2. The van der Waals surface area contributed by atoms with Crippen molar-refractivity contribution in [2.75, 3.05) is 11.9 Å². The van der Waals surface area contributed by atoms with Crippen LogP contribution >= 0.6 is 11.3 Å². The molecule has 3 amide bonds. The standard InChI is InChI=1S/C22H27N5O3S/c1-13-15(3)31-22(18(13)20(23)29)26-17(28)10-5-4-7-11-24-21(30)19-14(2)25-16-9-6-8-12-27(16)19/h6,8-9,12H,4-5,7,10-11H2,1-3H3,(H2,23,29)(H,24,30)(H,26,28). The van der Waals surface area contributed by atoms with Crippen molar-refractivity contribution >= 4 is 39.7 Å². The van der Waals surface area contributed by atoms with Crippen LogP contribution < -0.4 is 16.4 Å². The molecule has 0 unspecified atom stereocenters. The van der Waals surface area contributed by atoms with Crippen LogP contribution in [0.2, 0.25) is 0 Å². The fourth-order valence-electron chi connectivity index (χ4n) is 3.46. The molecular formula is C22H27N5O3S. The highest BCUT2D eigenvalue weighted by molar-refractivity contribution is 7.16. The van der Waals surface area contributed by atoms with E-state index >= 15 is 0 Å². The van der Waals surface area contributed by atoms with Gasteiger partial charge in [0.25, 0.3) is 11.8 Å². The number of hydrogen-bond acceptors (Lipinski definition) is 5. The molecule has 164 valence electrons. The van der Waals surface area contributed by atoms with Gasteiger partial charge >= 0.3 is 0 Å². The zero-order valence-electron chi connectivity index (χ0n) is 17.9. The summed E-state index contributed by atoms with van der Waals surface area (Å²) >= 11 is 1.36. The van der Waals surface area contributed by atoms with Crippen LogP contribution in [0.5, 0.6) is 0 Å². The summed E-state index contributed by atoms with van der Waals surface area (Å²) in [7, 11) is 0. The van der Waals surface area contributed by atoms with E-state index in [2.05, 4.69) is 15.6 Å². The Morgan fingerprint density at radius 3 is 2.65 bits per heavy atom. The van der Waals surface area contributed by atoms with Gasteiger partial charge in [0.15, 0.2) is 0 Å². The van der Waals surface area contributed by atoms with Crippen molar-refractivity contribution in [2.24, 2.45) is 5.73 Å². The Morgan fingerprint density at radius 1 is 1.13 bits per heavy atom. The lowest BCUT2D eigenvalue weighted by Crippen LogP contribution is -2.26. The number of nitrogens with one attached hydrogen (secondary N) is 2. The van der Waals surface area contributed by atoms with Crippen LogP contribution in [0, 0.1) is 20.8 Å². The summed E-state index contributed by atoms with van der Waals surface area (Å²) < 4.78 is 1.78. The minimum absolute atomic E-state index is 0.144. The molecule has 3 heterocycles. The molecule has 8 nitrogen and oxygen atoms in total. The average Bonchev–Trinajstić information content (AvgIpc) is 3.19. The number of pyridine rings is 1. The minimum atomic E-state index is -0.533. The summed E-state index contributed by atoms with van der Waals surface area (Å²) in [6.07, 6.45) is 4.41. The van der Waals surface area contributed by atoms with E-state index in [9.17, 15) is 14.4 Å². The SMILES string of the molecule is Cc1nc2ccccn2c1C(=O)NCCCCCC(=O)Nc1sc(C)c(C)c1C(N)=O. The third kappa shape index (κ3) is 5.11. The summed E-state index contributed by atoms with van der Waals surface area (Å²) in [6, 6.07) is 5.61. The molecule has 0 aliphatic rings. The molecule has 0 radical (unpaired) electrons. The molecular weight excluding hydrogens is 414 g/mol. The predicted octanol–water partition coefficient (Wildman–Crippen LogP) is 3.35. The molecule has 0 fully saturated rings. The van der Waals surface area contributed by atoms with Crippen LogP contribution in [0.15, 0.2) is 24.4 Å². The number of aromatic nitrogens is 2. The molecule has 4 N–H and O–H groups in total. The van der Waals surface area contributed by atoms with Crippen molar-refractivity contribution < 1.29 is 14.4 Å². The van der Waals surface area contributed by atoms with Gasteiger partial charge in [-0.05, 0) is 51.3 Å². The van der Waals surface area contributed by atoms with E-state index in [1.54, 1.807) is 4.40 Å². The second-order valence-corrected chi connectivity index (χ2v) is 8.67. The van der Waals surface area contributed by atoms with Crippen LogP contribution in [0.1, 0.15) is 62.7 Å². The zero-order valence-corrected chi connectivity index (χ0v) is 18.8. The number of hydrogen-bond donors (Lipinski definition) is 3. The highest BCUT2D eigenvalue weighted by Gasteiger charge is 2.19. The highest BCUT2D eigenvalue weighted by Crippen LogP contribution is 2.32. The van der Waals surface area contributed by atoms with Crippen LogP contribution in [0.25, 0.3) is 5.65 Å². The second-order valence-electron chi connectivity index (χ2n) is 7.44. The summed E-state index contributed by atoms with van der Waals surface area (Å²) in [6.45, 7) is 6.06. The van der Waals surface area contributed by atoms with E-state index in [0.29, 0.717) is 41.3 Å². The number of rotatable bonds is 9. The van der Waals surface area contributed by atoms with E-state index in [0.717, 1.165) is 28.9 Å². The number of thiophene rings is 1. The molecule has 0 aliphatic carbocycles. The van der Waals surface area contributed by atoms with Gasteiger partial charge in [0.2, 0.25) is 5.91 Å². The summed E-state index contributed by atoms with van der Waals surface area (Å²) in [4.78, 5) is 41.8. The first-order chi connectivity index (χ1) is 14.8. The molecule has 0 bridgehead atoms. The number of imidazole rings is 1. The van der Waals surface area contributed by atoms with Crippen LogP contribution in [-0.2, 0) is 4.79 Å². The maximum Gasteiger partial charge on any atom is 0.270 e. The fraction of sp³-hybridized carbons (Fsp3) is 0.364. The Bertz CT molecular complexity index is 1130. The number of carbonyl (C=O) groups excluding carboxylic acids is 3. The molecule has 0 atom stereocenters. The van der Waals surface area contributed by atoms with E-state index in [1.807, 2.05) is 45.2 Å². The molecule has 31 heavy (non-hydrogen) atoms. The third-order valence-electron chi connectivity index (χ3n) is 5.17. The first-order valence-corrected chi connectivity index (χ1v) is 11.0. The van der Waals surface area contributed by atoms with E-state index in [1.165, 1.54) is 11.3 Å². The van der Waals surface area contributed by atoms with Crippen molar-refractivity contribution in [3.8, 4) is 0 Å². The van der Waals surface area contributed by atoms with Crippen LogP contribution in [0.3, 0.4) is 0 Å². The largest absolute Gasteiger partial charge is 0.365 e. The van der Waals surface area contributed by atoms with Crippen LogP contribution in [-0.4, -0.2) is 33.7 Å². The second kappa shape index (κ2) is 9.74. The first kappa shape index (κ1) is 22.5. The quantitative estimate of drug-likeness (QED) is 0.441. The van der Waals surface area contributed by atoms with Gasteiger partial charge in [0.1, 0.15) is 16.3 Å². The Hall–Kier alpha value is -3.20. The molecule has 3 rings (SSSR count). The monoisotopic (exact) mass is 441 g/mol. The van der Waals surface area contributed by atoms with Gasteiger partial charge in [-0.25, -0.2) is 4.98 Å². The van der Waals surface area contributed by atoms with Gasteiger partial charge in [-0.3, -0.25) is 18.8 Å². The smallest absolute Gasteiger partial charge is 0.270 e. The number of nitrogens with zero attached hydrogens (tertiary/aromatic N) is 2. The van der Waals surface area contributed by atoms with Gasteiger partial charge in [-0.1, -0.05) is 12.5 Å². The van der Waals surface area contributed by atoms with Gasteiger partial charge in [0.05, 0.1) is 11.3 Å². The van der Waals surface area contributed by atoms with Crippen molar-refractivity contribution in [2.45, 2.75) is 46.5 Å². The maximum absolute atomic E-state index is 12.5. The van der Waals surface area contributed by atoms with Crippen molar-refractivity contribution in [3.05, 3.63) is 51.8 Å². The van der Waals surface area contributed by atoms with E-state index < -0.39 is 5.91 Å². The fourth-order valence-corrected chi connectivity index (χ4v) is 4.54. The Kier molecular flexibility index (Phi) is 7.06. The topological polar surface area (TPSA) is 119 Å². The lowest BCUT2D eigenvalue weighted by Gasteiger charge is -2.07. The number of primary amides is 1. The number of anilines is 1. The number of aryl methyl sites for hydroxylation is 2. The summed E-state index contributed by atoms with van der Waals surface area (Å²) in [5, 5.41) is 6.25. The van der Waals surface area contributed by atoms with Crippen LogP contribution in [0.4, 0.5) is 5.00 Å². The number of nitrogens with two attached hydrogens (primary N) is 1. The Labute approximate surface area is 184 Å². The molecule has 3 aromatic rings. The Balaban J connectivity index is 1.41. The molecule has 3 aromatic heterocycles. The number of amides is 3. The molecule has 0 aliphatic heterocycles. The third-order valence-corrected chi connectivity index (χ3v) is 6.29.